The van der Waals surface area contributed by atoms with E-state index in [1.165, 1.54) is 17.3 Å². The summed E-state index contributed by atoms with van der Waals surface area (Å²) in [6.45, 7) is 4.06. The molecule has 0 atom stereocenters. The molecular formula is C13H14N4O2. The number of ether oxygens (including phenoxy) is 2. The van der Waals surface area contributed by atoms with Gasteiger partial charge in [-0.25, -0.2) is 4.68 Å². The molecule has 0 aliphatic carbocycles. The largest absolute Gasteiger partial charge is 0.496 e. The molecule has 0 unspecified atom stereocenters. The SMILES string of the molecule is C=CCOc1ccc(/C=N/n2cnnc2)c(OC)c1. The Balaban J connectivity index is 2.18. The summed E-state index contributed by atoms with van der Waals surface area (Å²) < 4.78 is 12.2. The molecule has 0 aliphatic heterocycles. The van der Waals surface area contributed by atoms with Crippen molar-refractivity contribution in [3.8, 4) is 11.5 Å². The van der Waals surface area contributed by atoms with Gasteiger partial charge in [-0.15, -0.1) is 10.2 Å². The van der Waals surface area contributed by atoms with Crippen LogP contribution in [0.1, 0.15) is 5.56 Å². The van der Waals surface area contributed by atoms with Gasteiger partial charge in [0.2, 0.25) is 0 Å². The van der Waals surface area contributed by atoms with Crippen LogP contribution in [0.4, 0.5) is 0 Å². The molecule has 2 rings (SSSR count). The summed E-state index contributed by atoms with van der Waals surface area (Å²) in [4.78, 5) is 0. The number of benzene rings is 1. The highest BCUT2D eigenvalue weighted by Crippen LogP contribution is 2.23. The summed E-state index contributed by atoms with van der Waals surface area (Å²) in [6.07, 6.45) is 6.36. The molecule has 2 aromatic rings. The fraction of sp³-hybridized carbons (Fsp3) is 0.154. The number of aromatic nitrogens is 3. The zero-order chi connectivity index (χ0) is 13.5. The van der Waals surface area contributed by atoms with Gasteiger partial charge in [0.25, 0.3) is 0 Å². The Morgan fingerprint density at radius 3 is 2.84 bits per heavy atom. The minimum absolute atomic E-state index is 0.456. The zero-order valence-electron chi connectivity index (χ0n) is 10.6. The maximum atomic E-state index is 5.44. The van der Waals surface area contributed by atoms with Crippen LogP contribution in [0.15, 0.2) is 48.6 Å². The minimum atomic E-state index is 0.456. The second kappa shape index (κ2) is 6.34. The van der Waals surface area contributed by atoms with Crippen molar-refractivity contribution in [2.24, 2.45) is 5.10 Å². The number of hydrogen-bond donors (Lipinski definition) is 0. The molecule has 1 aromatic carbocycles. The monoisotopic (exact) mass is 258 g/mol. The van der Waals surface area contributed by atoms with Crippen molar-refractivity contribution in [3.05, 3.63) is 49.1 Å². The Morgan fingerprint density at radius 1 is 1.37 bits per heavy atom. The summed E-state index contributed by atoms with van der Waals surface area (Å²) in [5.41, 5.74) is 0.835. The highest BCUT2D eigenvalue weighted by molar-refractivity contribution is 5.83. The normalized spacial score (nSPS) is 10.6. The van der Waals surface area contributed by atoms with Gasteiger partial charge in [0.1, 0.15) is 30.8 Å². The molecule has 1 heterocycles. The van der Waals surface area contributed by atoms with Crippen molar-refractivity contribution < 1.29 is 9.47 Å². The van der Waals surface area contributed by atoms with E-state index >= 15 is 0 Å². The fourth-order valence-electron chi connectivity index (χ4n) is 1.43. The third kappa shape index (κ3) is 3.41. The molecule has 19 heavy (non-hydrogen) atoms. The number of nitrogens with zero attached hydrogens (tertiary/aromatic N) is 4. The van der Waals surface area contributed by atoms with Crippen molar-refractivity contribution in [3.63, 3.8) is 0 Å². The Kier molecular flexibility index (Phi) is 4.28. The van der Waals surface area contributed by atoms with Gasteiger partial charge in [-0.2, -0.15) is 5.10 Å². The van der Waals surface area contributed by atoms with Crippen LogP contribution in [-0.2, 0) is 0 Å². The van der Waals surface area contributed by atoms with Crippen LogP contribution in [0.2, 0.25) is 0 Å². The molecule has 1 aromatic heterocycles. The van der Waals surface area contributed by atoms with E-state index < -0.39 is 0 Å². The van der Waals surface area contributed by atoms with E-state index in [0.717, 1.165) is 11.3 Å². The summed E-state index contributed by atoms with van der Waals surface area (Å²) in [5.74, 6) is 1.40. The average molecular weight is 258 g/mol. The first-order valence-electron chi connectivity index (χ1n) is 5.64. The lowest BCUT2D eigenvalue weighted by atomic mass is 10.2. The van der Waals surface area contributed by atoms with Crippen LogP contribution in [0.3, 0.4) is 0 Å². The van der Waals surface area contributed by atoms with E-state index in [4.69, 9.17) is 9.47 Å². The molecule has 6 nitrogen and oxygen atoms in total. The molecule has 6 heteroatoms. The molecule has 98 valence electrons. The van der Waals surface area contributed by atoms with Crippen LogP contribution in [0.5, 0.6) is 11.5 Å². The maximum absolute atomic E-state index is 5.44. The minimum Gasteiger partial charge on any atom is -0.496 e. The molecule has 0 bridgehead atoms. The van der Waals surface area contributed by atoms with E-state index in [1.807, 2.05) is 12.1 Å². The predicted octanol–water partition coefficient (Wildman–Crippen LogP) is 1.73. The predicted molar refractivity (Wildman–Crippen MR) is 71.7 cm³/mol. The molecule has 0 aliphatic rings. The molecule has 0 fully saturated rings. The quantitative estimate of drug-likeness (QED) is 0.585. The van der Waals surface area contributed by atoms with Gasteiger partial charge in [-0.1, -0.05) is 12.7 Å². The fourth-order valence-corrected chi connectivity index (χ4v) is 1.43. The summed E-state index contributed by atoms with van der Waals surface area (Å²) in [7, 11) is 1.60. The van der Waals surface area contributed by atoms with Gasteiger partial charge < -0.3 is 9.47 Å². The number of rotatable bonds is 6. The van der Waals surface area contributed by atoms with Crippen LogP contribution in [0, 0.1) is 0 Å². The first-order chi connectivity index (χ1) is 9.33. The molecule has 0 amide bonds. The number of hydrogen-bond acceptors (Lipinski definition) is 5. The number of methoxy groups -OCH3 is 1. The van der Waals surface area contributed by atoms with Crippen molar-refractivity contribution in [2.45, 2.75) is 0 Å². The van der Waals surface area contributed by atoms with Crippen LogP contribution >= 0.6 is 0 Å². The van der Waals surface area contributed by atoms with Gasteiger partial charge >= 0.3 is 0 Å². The van der Waals surface area contributed by atoms with E-state index in [-0.39, 0.29) is 0 Å². The molecule has 0 radical (unpaired) electrons. The lowest BCUT2D eigenvalue weighted by Crippen LogP contribution is -1.96. The first-order valence-corrected chi connectivity index (χ1v) is 5.64. The highest BCUT2D eigenvalue weighted by atomic mass is 16.5. The Hall–Kier alpha value is -2.63. The van der Waals surface area contributed by atoms with Crippen LogP contribution in [0.25, 0.3) is 0 Å². The molecule has 0 N–H and O–H groups in total. The Labute approximate surface area is 111 Å². The molecule has 0 saturated carbocycles. The zero-order valence-corrected chi connectivity index (χ0v) is 10.6. The average Bonchev–Trinajstić information content (AvgIpc) is 2.96. The van der Waals surface area contributed by atoms with Gasteiger partial charge in [0.05, 0.1) is 13.3 Å². The third-order valence-electron chi connectivity index (χ3n) is 2.31. The first kappa shape index (κ1) is 12.8. The smallest absolute Gasteiger partial charge is 0.141 e. The van der Waals surface area contributed by atoms with Gasteiger partial charge in [0.15, 0.2) is 0 Å². The summed E-state index contributed by atoms with van der Waals surface area (Å²) >= 11 is 0. The van der Waals surface area contributed by atoms with E-state index in [9.17, 15) is 0 Å². The van der Waals surface area contributed by atoms with Crippen LogP contribution in [-0.4, -0.2) is 34.8 Å². The second-order valence-corrected chi connectivity index (χ2v) is 3.59. The van der Waals surface area contributed by atoms with Crippen molar-refractivity contribution >= 4 is 6.21 Å². The highest BCUT2D eigenvalue weighted by Gasteiger charge is 2.03. The lowest BCUT2D eigenvalue weighted by Gasteiger charge is -2.08. The van der Waals surface area contributed by atoms with E-state index in [1.54, 1.807) is 25.5 Å². The summed E-state index contributed by atoms with van der Waals surface area (Å²) in [5, 5.41) is 11.5. The van der Waals surface area contributed by atoms with E-state index in [2.05, 4.69) is 21.9 Å². The van der Waals surface area contributed by atoms with Gasteiger partial charge in [-0.3, -0.25) is 0 Å². The standard InChI is InChI=1S/C13H14N4O2/c1-3-6-19-12-5-4-11(13(7-12)18-2)8-16-17-9-14-15-10-17/h3-5,7-10H,1,6H2,2H3/b16-8+. The third-order valence-corrected chi connectivity index (χ3v) is 2.31. The van der Waals surface area contributed by atoms with Crippen molar-refractivity contribution in [1.29, 1.82) is 0 Å². The van der Waals surface area contributed by atoms with Gasteiger partial charge in [-0.05, 0) is 12.1 Å². The Morgan fingerprint density at radius 2 is 2.16 bits per heavy atom. The van der Waals surface area contributed by atoms with E-state index in [0.29, 0.717) is 12.4 Å². The molecule has 0 saturated heterocycles. The lowest BCUT2D eigenvalue weighted by molar-refractivity contribution is 0.357. The molecular weight excluding hydrogens is 244 g/mol. The Bertz CT molecular complexity index is 564. The second-order valence-electron chi connectivity index (χ2n) is 3.59. The topological polar surface area (TPSA) is 61.5 Å². The van der Waals surface area contributed by atoms with Crippen LogP contribution < -0.4 is 9.47 Å². The maximum Gasteiger partial charge on any atom is 0.141 e. The summed E-state index contributed by atoms with van der Waals surface area (Å²) in [6, 6.07) is 5.52. The van der Waals surface area contributed by atoms with Crippen molar-refractivity contribution in [1.82, 2.24) is 14.9 Å². The van der Waals surface area contributed by atoms with Crippen molar-refractivity contribution in [2.75, 3.05) is 13.7 Å². The van der Waals surface area contributed by atoms with Gasteiger partial charge in [0, 0.05) is 11.6 Å². The molecule has 0 spiro atoms.